The molecule has 1 atom stereocenters. The van der Waals surface area contributed by atoms with Gasteiger partial charge in [-0.05, 0) is 81.1 Å². The van der Waals surface area contributed by atoms with Gasteiger partial charge in [0.25, 0.3) is 0 Å². The summed E-state index contributed by atoms with van der Waals surface area (Å²) in [6.45, 7) is 0. The fourth-order valence-electron chi connectivity index (χ4n) is 4.94. The highest BCUT2D eigenvalue weighted by molar-refractivity contribution is 7.98. The van der Waals surface area contributed by atoms with E-state index < -0.39 is 0 Å². The molecule has 0 fully saturated rings. The SMILES string of the molecule is Fc1ccc2c(c1)=CCc1c3c(ccc1=2)=CCCC3C1=NSc2ccccc2C=C1. The van der Waals surface area contributed by atoms with Gasteiger partial charge in [-0.1, -0.05) is 54.6 Å². The molecule has 0 N–H and O–H groups in total. The molecule has 0 saturated carbocycles. The number of hydrogen-bond donors (Lipinski definition) is 0. The van der Waals surface area contributed by atoms with Crippen molar-refractivity contribution in [3.63, 3.8) is 0 Å². The predicted molar refractivity (Wildman–Crippen MR) is 123 cm³/mol. The van der Waals surface area contributed by atoms with Gasteiger partial charge in [0.1, 0.15) is 5.82 Å². The molecule has 30 heavy (non-hydrogen) atoms. The third-order valence-corrected chi connectivity index (χ3v) is 7.22. The molecule has 1 heterocycles. The van der Waals surface area contributed by atoms with E-state index in [1.165, 1.54) is 32.0 Å². The molecule has 0 saturated heterocycles. The first-order chi connectivity index (χ1) is 14.8. The van der Waals surface area contributed by atoms with Crippen LogP contribution in [0, 0.1) is 16.3 Å². The first-order valence-electron chi connectivity index (χ1n) is 10.4. The van der Waals surface area contributed by atoms with Gasteiger partial charge in [0.05, 0.1) is 5.71 Å². The maximum Gasteiger partial charge on any atom is 0.123 e. The van der Waals surface area contributed by atoms with Crippen molar-refractivity contribution < 1.29 is 4.39 Å². The zero-order chi connectivity index (χ0) is 20.1. The Morgan fingerprint density at radius 1 is 0.900 bits per heavy atom. The van der Waals surface area contributed by atoms with Crippen molar-refractivity contribution >= 4 is 35.9 Å². The Morgan fingerprint density at radius 3 is 2.77 bits per heavy atom. The summed E-state index contributed by atoms with van der Waals surface area (Å²) in [6.07, 6.45) is 11.9. The lowest BCUT2D eigenvalue weighted by Gasteiger charge is -2.25. The summed E-state index contributed by atoms with van der Waals surface area (Å²) in [6, 6.07) is 18.0. The zero-order valence-corrected chi connectivity index (χ0v) is 17.3. The van der Waals surface area contributed by atoms with Crippen molar-refractivity contribution in [3.05, 3.63) is 104 Å². The maximum absolute atomic E-state index is 13.7. The largest absolute Gasteiger partial charge is 0.215 e. The van der Waals surface area contributed by atoms with Crippen LogP contribution in [0.2, 0.25) is 0 Å². The maximum atomic E-state index is 13.7. The lowest BCUT2D eigenvalue weighted by Crippen LogP contribution is -2.26. The van der Waals surface area contributed by atoms with Gasteiger partial charge >= 0.3 is 0 Å². The van der Waals surface area contributed by atoms with Crippen molar-refractivity contribution in [2.24, 2.45) is 4.40 Å². The van der Waals surface area contributed by atoms with E-state index in [0.29, 0.717) is 0 Å². The molecule has 2 aliphatic carbocycles. The van der Waals surface area contributed by atoms with Crippen molar-refractivity contribution in [1.82, 2.24) is 0 Å². The summed E-state index contributed by atoms with van der Waals surface area (Å²) in [4.78, 5) is 1.20. The molecule has 3 aliphatic rings. The Balaban J connectivity index is 1.56. The van der Waals surface area contributed by atoms with E-state index in [4.69, 9.17) is 4.40 Å². The van der Waals surface area contributed by atoms with Gasteiger partial charge in [-0.3, -0.25) is 0 Å². The fourth-order valence-corrected chi connectivity index (χ4v) is 5.71. The Bertz CT molecular complexity index is 1470. The lowest BCUT2D eigenvalue weighted by molar-refractivity contribution is 0.626. The number of hydrogen-bond acceptors (Lipinski definition) is 2. The Hall–Kier alpha value is -2.91. The third-order valence-electron chi connectivity index (χ3n) is 6.35. The predicted octanol–water partition coefficient (Wildman–Crippen LogP) is 5.28. The number of halogens is 1. The van der Waals surface area contributed by atoms with E-state index in [-0.39, 0.29) is 11.7 Å². The van der Waals surface area contributed by atoms with E-state index in [9.17, 15) is 4.39 Å². The smallest absolute Gasteiger partial charge is 0.123 e. The Kier molecular flexibility index (Phi) is 4.24. The number of nitrogens with zero attached hydrogens (tertiary/aromatic N) is 1. The monoisotopic (exact) mass is 409 g/mol. The molecule has 1 aliphatic heterocycles. The molecule has 1 nitrogen and oxygen atoms in total. The van der Waals surface area contributed by atoms with Crippen molar-refractivity contribution in [2.75, 3.05) is 0 Å². The van der Waals surface area contributed by atoms with Crippen molar-refractivity contribution in [1.29, 1.82) is 0 Å². The molecule has 146 valence electrons. The molecule has 0 radical (unpaired) electrons. The van der Waals surface area contributed by atoms with Gasteiger partial charge in [-0.2, -0.15) is 0 Å². The molecular weight excluding hydrogens is 389 g/mol. The Morgan fingerprint density at radius 2 is 1.80 bits per heavy atom. The van der Waals surface area contributed by atoms with Crippen LogP contribution in [0.3, 0.4) is 0 Å². The molecule has 0 aromatic heterocycles. The number of rotatable bonds is 1. The normalized spacial score (nSPS) is 18.6. The minimum absolute atomic E-state index is 0.174. The first-order valence-corrected chi connectivity index (χ1v) is 11.2. The van der Waals surface area contributed by atoms with Crippen LogP contribution >= 0.6 is 11.9 Å². The van der Waals surface area contributed by atoms with Gasteiger partial charge < -0.3 is 0 Å². The average molecular weight is 410 g/mol. The second-order valence-corrected chi connectivity index (χ2v) is 8.85. The van der Waals surface area contributed by atoms with Crippen LogP contribution in [0.5, 0.6) is 0 Å². The van der Waals surface area contributed by atoms with Crippen LogP contribution in [0.25, 0.3) is 18.2 Å². The van der Waals surface area contributed by atoms with Gasteiger partial charge in [-0.15, -0.1) is 0 Å². The third kappa shape index (κ3) is 2.88. The number of benzene rings is 3. The van der Waals surface area contributed by atoms with E-state index in [2.05, 4.69) is 60.7 Å². The van der Waals surface area contributed by atoms with E-state index in [1.54, 1.807) is 24.1 Å². The molecule has 1 unspecified atom stereocenters. The second-order valence-electron chi connectivity index (χ2n) is 8.05. The summed E-state index contributed by atoms with van der Waals surface area (Å²) in [5.74, 6) is 0.112. The summed E-state index contributed by atoms with van der Waals surface area (Å²) in [7, 11) is 0. The summed E-state index contributed by atoms with van der Waals surface area (Å²) in [5.41, 5.74) is 5.14. The van der Waals surface area contributed by atoms with Crippen LogP contribution in [0.1, 0.15) is 35.4 Å². The molecule has 3 aromatic carbocycles. The molecule has 0 bridgehead atoms. The van der Waals surface area contributed by atoms with Gasteiger partial charge in [0.2, 0.25) is 0 Å². The molecule has 6 rings (SSSR count). The van der Waals surface area contributed by atoms with E-state index >= 15 is 0 Å². The van der Waals surface area contributed by atoms with Crippen LogP contribution in [0.4, 0.5) is 4.39 Å². The number of allylic oxidation sites excluding steroid dienone is 1. The molecular formula is C27H20FNS. The van der Waals surface area contributed by atoms with E-state index in [1.807, 2.05) is 6.07 Å². The summed E-state index contributed by atoms with van der Waals surface area (Å²) >= 11 is 1.58. The van der Waals surface area contributed by atoms with Crippen LogP contribution < -0.4 is 10.4 Å². The van der Waals surface area contributed by atoms with E-state index in [0.717, 1.165) is 35.4 Å². The minimum atomic E-state index is -0.174. The van der Waals surface area contributed by atoms with Crippen LogP contribution in [-0.4, -0.2) is 5.71 Å². The van der Waals surface area contributed by atoms with Gasteiger partial charge in [-0.25, -0.2) is 8.79 Å². The molecule has 3 heteroatoms. The summed E-state index contributed by atoms with van der Waals surface area (Å²) < 4.78 is 18.7. The van der Waals surface area contributed by atoms with Gasteiger partial charge in [0, 0.05) is 22.8 Å². The fraction of sp³-hybridized carbons (Fsp3) is 0.148. The highest BCUT2D eigenvalue weighted by Gasteiger charge is 2.25. The first kappa shape index (κ1) is 17.9. The van der Waals surface area contributed by atoms with Crippen molar-refractivity contribution in [2.45, 2.75) is 30.1 Å². The quantitative estimate of drug-likeness (QED) is 0.498. The highest BCUT2D eigenvalue weighted by atomic mass is 32.2. The standard InChI is InChI=1S/C27H20FNS/c28-20-11-14-21-19(16-20)9-13-23-22(21)12-8-18-5-3-6-24(27(18)23)25-15-10-17-4-1-2-7-26(17)30-29-25/h1-2,4-5,7-12,14-16,24H,3,6,13H2. The summed E-state index contributed by atoms with van der Waals surface area (Å²) in [5, 5.41) is 4.69. The zero-order valence-electron chi connectivity index (χ0n) is 16.4. The highest BCUT2D eigenvalue weighted by Crippen LogP contribution is 2.34. The number of fused-ring (bicyclic) bond motifs is 5. The molecule has 0 spiro atoms. The lowest BCUT2D eigenvalue weighted by atomic mass is 9.79. The van der Waals surface area contributed by atoms with Gasteiger partial charge in [0.15, 0.2) is 0 Å². The Labute approximate surface area is 178 Å². The van der Waals surface area contributed by atoms with Crippen LogP contribution in [-0.2, 0) is 6.42 Å². The average Bonchev–Trinajstić information content (AvgIpc) is 3.00. The second kappa shape index (κ2) is 7.10. The minimum Gasteiger partial charge on any atom is -0.215 e. The van der Waals surface area contributed by atoms with Crippen LogP contribution in [0.15, 0.2) is 70.0 Å². The van der Waals surface area contributed by atoms with Crippen molar-refractivity contribution in [3.8, 4) is 0 Å². The molecule has 3 aromatic rings. The topological polar surface area (TPSA) is 12.4 Å². The molecule has 0 amide bonds.